The molecular weight excluding hydrogens is 430 g/mol. The molecular formula is C27H33N3O4. The molecule has 0 radical (unpaired) electrons. The molecule has 1 saturated heterocycles. The normalized spacial score (nSPS) is 14.7. The number of methoxy groups -OCH3 is 2. The molecule has 2 aromatic carbocycles. The van der Waals surface area contributed by atoms with Crippen LogP contribution < -0.4 is 14.8 Å². The van der Waals surface area contributed by atoms with Crippen LogP contribution in [0.25, 0.3) is 11.5 Å². The molecule has 0 atom stereocenters. The lowest BCUT2D eigenvalue weighted by Crippen LogP contribution is -2.40. The summed E-state index contributed by atoms with van der Waals surface area (Å²) in [6.07, 6.45) is 2.58. The number of aromatic nitrogens is 1. The minimum atomic E-state index is 0.0766. The Labute approximate surface area is 201 Å². The van der Waals surface area contributed by atoms with E-state index in [1.54, 1.807) is 14.2 Å². The number of carbonyl (C=O) groups excluding carboxylic acids is 1. The Balaban J connectivity index is 1.28. The van der Waals surface area contributed by atoms with Gasteiger partial charge in [0.15, 0.2) is 11.5 Å². The van der Waals surface area contributed by atoms with Gasteiger partial charge in [-0.1, -0.05) is 30.3 Å². The van der Waals surface area contributed by atoms with Gasteiger partial charge in [-0.3, -0.25) is 9.69 Å². The molecule has 0 bridgehead atoms. The number of nitrogens with zero attached hydrogens (tertiary/aromatic N) is 2. The lowest BCUT2D eigenvalue weighted by atomic mass is 9.95. The Morgan fingerprint density at radius 2 is 1.82 bits per heavy atom. The third kappa shape index (κ3) is 5.78. The average molecular weight is 464 g/mol. The first kappa shape index (κ1) is 23.8. The number of hydrogen-bond donors (Lipinski definition) is 1. The van der Waals surface area contributed by atoms with Gasteiger partial charge in [0.25, 0.3) is 0 Å². The number of amides is 1. The van der Waals surface area contributed by atoms with E-state index < -0.39 is 0 Å². The van der Waals surface area contributed by atoms with Gasteiger partial charge in [-0.15, -0.1) is 0 Å². The third-order valence-corrected chi connectivity index (χ3v) is 6.41. The molecule has 7 nitrogen and oxygen atoms in total. The molecule has 1 aliphatic rings. The van der Waals surface area contributed by atoms with Crippen LogP contribution in [-0.2, 0) is 17.8 Å². The van der Waals surface area contributed by atoms with Crippen LogP contribution in [0.5, 0.6) is 11.5 Å². The van der Waals surface area contributed by atoms with Gasteiger partial charge in [0.2, 0.25) is 11.8 Å². The Morgan fingerprint density at radius 1 is 1.09 bits per heavy atom. The Kier molecular flexibility index (Phi) is 7.85. The van der Waals surface area contributed by atoms with E-state index >= 15 is 0 Å². The molecule has 0 spiro atoms. The lowest BCUT2D eigenvalue weighted by molar-refractivity contribution is -0.126. The van der Waals surface area contributed by atoms with Gasteiger partial charge in [0.1, 0.15) is 5.76 Å². The predicted molar refractivity (Wildman–Crippen MR) is 131 cm³/mol. The second-order valence-electron chi connectivity index (χ2n) is 8.67. The Morgan fingerprint density at radius 3 is 2.53 bits per heavy atom. The van der Waals surface area contributed by atoms with Crippen molar-refractivity contribution >= 4 is 5.91 Å². The van der Waals surface area contributed by atoms with E-state index in [0.717, 1.165) is 49.4 Å². The summed E-state index contributed by atoms with van der Waals surface area (Å²) < 4.78 is 16.7. The topological polar surface area (TPSA) is 76.8 Å². The van der Waals surface area contributed by atoms with Gasteiger partial charge in [0.05, 0.1) is 19.9 Å². The van der Waals surface area contributed by atoms with E-state index in [2.05, 4.69) is 22.3 Å². The summed E-state index contributed by atoms with van der Waals surface area (Å²) >= 11 is 0. The molecule has 1 aromatic heterocycles. The average Bonchev–Trinajstić information content (AvgIpc) is 3.24. The summed E-state index contributed by atoms with van der Waals surface area (Å²) in [6, 6.07) is 15.9. The minimum absolute atomic E-state index is 0.0766. The highest BCUT2D eigenvalue weighted by molar-refractivity contribution is 5.78. The Bertz CT molecular complexity index is 1090. The Hall–Kier alpha value is -3.32. The van der Waals surface area contributed by atoms with Crippen LogP contribution in [0.3, 0.4) is 0 Å². The van der Waals surface area contributed by atoms with Crippen molar-refractivity contribution < 1.29 is 18.7 Å². The van der Waals surface area contributed by atoms with Crippen molar-refractivity contribution in [2.45, 2.75) is 32.7 Å². The quantitative estimate of drug-likeness (QED) is 0.512. The number of piperidine rings is 1. The van der Waals surface area contributed by atoms with E-state index in [4.69, 9.17) is 18.9 Å². The highest BCUT2D eigenvalue weighted by Crippen LogP contribution is 2.33. The van der Waals surface area contributed by atoms with Crippen LogP contribution in [0.1, 0.15) is 29.9 Å². The molecule has 180 valence electrons. The molecule has 0 aliphatic carbocycles. The smallest absolute Gasteiger partial charge is 0.226 e. The first-order valence-corrected chi connectivity index (χ1v) is 11.8. The molecule has 1 amide bonds. The maximum atomic E-state index is 12.6. The number of nitrogens with one attached hydrogen (secondary N) is 1. The number of benzene rings is 2. The molecule has 7 heteroatoms. The van der Waals surface area contributed by atoms with Crippen LogP contribution in [0, 0.1) is 12.8 Å². The number of aryl methyl sites for hydroxylation is 1. The number of rotatable bonds is 9. The number of ether oxygens (including phenoxy) is 2. The number of oxazole rings is 1. The minimum Gasteiger partial charge on any atom is -0.493 e. The van der Waals surface area contributed by atoms with Gasteiger partial charge < -0.3 is 19.2 Å². The molecule has 0 saturated carbocycles. The summed E-state index contributed by atoms with van der Waals surface area (Å²) in [5, 5.41) is 3.11. The van der Waals surface area contributed by atoms with Crippen LogP contribution in [0.15, 0.2) is 52.9 Å². The molecule has 3 aromatic rings. The molecule has 34 heavy (non-hydrogen) atoms. The van der Waals surface area contributed by atoms with E-state index in [1.807, 2.05) is 43.3 Å². The molecule has 0 unspecified atom stereocenters. The van der Waals surface area contributed by atoms with Crippen molar-refractivity contribution in [1.82, 2.24) is 15.2 Å². The van der Waals surface area contributed by atoms with Crippen molar-refractivity contribution in [3.8, 4) is 23.0 Å². The monoisotopic (exact) mass is 463 g/mol. The van der Waals surface area contributed by atoms with E-state index in [1.165, 1.54) is 5.56 Å². The van der Waals surface area contributed by atoms with Gasteiger partial charge in [0, 0.05) is 24.6 Å². The summed E-state index contributed by atoms with van der Waals surface area (Å²) in [7, 11) is 3.23. The highest BCUT2D eigenvalue weighted by Gasteiger charge is 2.26. The summed E-state index contributed by atoms with van der Waals surface area (Å²) in [6.45, 7) is 5.08. The standard InChI is InChI=1S/C27H33N3O4/c1-19-23(29-27(34-19)22-9-10-24(32-2)25(17-22)33-3)18-30-15-12-21(13-16-30)26(31)28-14-11-20-7-5-4-6-8-20/h4-10,17,21H,11-16,18H2,1-3H3,(H,28,31). The van der Waals surface area contributed by atoms with Gasteiger partial charge in [-0.05, 0) is 63.0 Å². The zero-order valence-corrected chi connectivity index (χ0v) is 20.2. The molecule has 1 N–H and O–H groups in total. The van der Waals surface area contributed by atoms with Crippen LogP contribution >= 0.6 is 0 Å². The maximum Gasteiger partial charge on any atom is 0.226 e. The van der Waals surface area contributed by atoms with Gasteiger partial charge in [-0.2, -0.15) is 0 Å². The SMILES string of the molecule is COc1ccc(-c2nc(CN3CCC(C(=O)NCCc4ccccc4)CC3)c(C)o2)cc1OC. The van der Waals surface area contributed by atoms with Crippen molar-refractivity contribution in [3.63, 3.8) is 0 Å². The lowest BCUT2D eigenvalue weighted by Gasteiger charge is -2.30. The predicted octanol–water partition coefficient (Wildman–Crippen LogP) is 4.24. The fourth-order valence-corrected chi connectivity index (χ4v) is 4.35. The number of likely N-dealkylation sites (tertiary alicyclic amines) is 1. The zero-order chi connectivity index (χ0) is 23.9. The van der Waals surface area contributed by atoms with Crippen molar-refractivity contribution in [3.05, 3.63) is 65.5 Å². The second kappa shape index (κ2) is 11.2. The van der Waals surface area contributed by atoms with Crippen LogP contribution in [0.4, 0.5) is 0 Å². The molecule has 1 fully saturated rings. The molecule has 1 aliphatic heterocycles. The van der Waals surface area contributed by atoms with Crippen LogP contribution in [0.2, 0.25) is 0 Å². The largest absolute Gasteiger partial charge is 0.493 e. The fourth-order valence-electron chi connectivity index (χ4n) is 4.35. The maximum absolute atomic E-state index is 12.6. The van der Waals surface area contributed by atoms with Crippen molar-refractivity contribution in [1.29, 1.82) is 0 Å². The second-order valence-corrected chi connectivity index (χ2v) is 8.67. The summed E-state index contributed by atoms with van der Waals surface area (Å²) in [5.41, 5.74) is 3.02. The highest BCUT2D eigenvalue weighted by atomic mass is 16.5. The third-order valence-electron chi connectivity index (χ3n) is 6.41. The summed E-state index contributed by atoms with van der Waals surface area (Å²) in [5.74, 6) is 2.94. The molecule has 4 rings (SSSR count). The first-order chi connectivity index (χ1) is 16.6. The zero-order valence-electron chi connectivity index (χ0n) is 20.2. The summed E-state index contributed by atoms with van der Waals surface area (Å²) in [4.78, 5) is 19.7. The van der Waals surface area contributed by atoms with E-state index in [0.29, 0.717) is 30.5 Å². The first-order valence-electron chi connectivity index (χ1n) is 11.8. The molecule has 2 heterocycles. The van der Waals surface area contributed by atoms with Gasteiger partial charge in [-0.25, -0.2) is 4.98 Å². The van der Waals surface area contributed by atoms with Crippen molar-refractivity contribution in [2.24, 2.45) is 5.92 Å². The van der Waals surface area contributed by atoms with E-state index in [-0.39, 0.29) is 11.8 Å². The van der Waals surface area contributed by atoms with Crippen LogP contribution in [-0.4, -0.2) is 49.6 Å². The number of carbonyl (C=O) groups is 1. The van der Waals surface area contributed by atoms with Crippen molar-refractivity contribution in [2.75, 3.05) is 33.9 Å². The van der Waals surface area contributed by atoms with Gasteiger partial charge >= 0.3 is 0 Å². The number of hydrogen-bond acceptors (Lipinski definition) is 6. The van der Waals surface area contributed by atoms with E-state index in [9.17, 15) is 4.79 Å². The fraction of sp³-hybridized carbons (Fsp3) is 0.407.